The summed E-state index contributed by atoms with van der Waals surface area (Å²) in [6.45, 7) is 5.52. The van der Waals surface area contributed by atoms with E-state index >= 15 is 0 Å². The van der Waals surface area contributed by atoms with Crippen molar-refractivity contribution >= 4 is 57.4 Å². The second-order valence-corrected chi connectivity index (χ2v) is 6.89. The molecule has 1 aliphatic rings. The first kappa shape index (κ1) is 17.2. The van der Waals surface area contributed by atoms with Crippen LogP contribution in [0.2, 0.25) is 0 Å². The topological polar surface area (TPSA) is 74.3 Å². The van der Waals surface area contributed by atoms with Gasteiger partial charge >= 0.3 is 0 Å². The number of anilines is 2. The van der Waals surface area contributed by atoms with Gasteiger partial charge in [-0.05, 0) is 55.4 Å². The van der Waals surface area contributed by atoms with E-state index in [2.05, 4.69) is 15.6 Å². The van der Waals surface area contributed by atoms with Crippen LogP contribution in [0.5, 0.6) is 0 Å². The van der Waals surface area contributed by atoms with E-state index in [4.69, 9.17) is 12.2 Å². The summed E-state index contributed by atoms with van der Waals surface area (Å²) < 4.78 is 0. The Morgan fingerprint density at radius 1 is 1.28 bits per heavy atom. The normalized spacial score (nSPS) is 15.2. The molecule has 1 saturated heterocycles. The number of amides is 2. The highest BCUT2D eigenvalue weighted by molar-refractivity contribution is 7.80. The van der Waals surface area contributed by atoms with Crippen LogP contribution < -0.4 is 15.5 Å². The summed E-state index contributed by atoms with van der Waals surface area (Å²) in [6, 6.07) is 5.83. The highest BCUT2D eigenvalue weighted by Gasteiger charge is 2.22. The third-order valence-corrected chi connectivity index (χ3v) is 4.82. The zero-order valence-corrected chi connectivity index (χ0v) is 15.5. The number of rotatable bonds is 3. The van der Waals surface area contributed by atoms with E-state index in [1.54, 1.807) is 16.4 Å². The fraction of sp³-hybridized carbons (Fsp3) is 0.176. The molecule has 25 heavy (non-hydrogen) atoms. The van der Waals surface area contributed by atoms with Crippen LogP contribution in [0.25, 0.3) is 6.08 Å². The molecule has 6 nitrogen and oxygen atoms in total. The number of benzene rings is 1. The molecule has 2 N–H and O–H groups in total. The van der Waals surface area contributed by atoms with Crippen LogP contribution in [-0.2, 0) is 9.59 Å². The van der Waals surface area contributed by atoms with Crippen LogP contribution >= 0.6 is 23.6 Å². The minimum atomic E-state index is -0.294. The number of aryl methyl sites for hydroxylation is 2. The Kier molecular flexibility index (Phi) is 4.65. The number of nitrogens with one attached hydrogen (secondary N) is 2. The highest BCUT2D eigenvalue weighted by atomic mass is 32.1. The fourth-order valence-corrected chi connectivity index (χ4v) is 3.41. The molecule has 2 heterocycles. The summed E-state index contributed by atoms with van der Waals surface area (Å²) in [4.78, 5) is 29.9. The average molecular weight is 372 g/mol. The van der Waals surface area contributed by atoms with E-state index in [-0.39, 0.29) is 16.9 Å². The molecule has 1 aliphatic heterocycles. The average Bonchev–Trinajstić information content (AvgIpc) is 3.10. The monoisotopic (exact) mass is 372 g/mol. The van der Waals surface area contributed by atoms with Crippen LogP contribution in [0, 0.1) is 13.8 Å². The molecule has 1 fully saturated rings. The summed E-state index contributed by atoms with van der Waals surface area (Å²) in [5, 5.41) is 7.87. The molecule has 0 saturated carbocycles. The largest absolute Gasteiger partial charge is 0.328 e. The summed E-state index contributed by atoms with van der Waals surface area (Å²) >= 11 is 6.24. The summed E-state index contributed by atoms with van der Waals surface area (Å²) in [5.74, 6) is -0.424. The highest BCUT2D eigenvalue weighted by Crippen LogP contribution is 2.30. The minimum absolute atomic E-state index is 0.130. The first-order valence-electron chi connectivity index (χ1n) is 7.52. The van der Waals surface area contributed by atoms with Crippen molar-refractivity contribution in [1.29, 1.82) is 0 Å². The molecule has 0 spiro atoms. The summed E-state index contributed by atoms with van der Waals surface area (Å²) in [6.07, 6.45) is 1.60. The van der Waals surface area contributed by atoms with Crippen molar-refractivity contribution in [3.63, 3.8) is 0 Å². The second-order valence-electron chi connectivity index (χ2n) is 5.64. The van der Waals surface area contributed by atoms with Gasteiger partial charge in [0.15, 0.2) is 10.2 Å². The lowest BCUT2D eigenvalue weighted by Gasteiger charge is -2.19. The molecule has 128 valence electrons. The molecule has 0 atom stereocenters. The smallest absolute Gasteiger partial charge is 0.273 e. The quantitative estimate of drug-likeness (QED) is 0.640. The number of carbonyl (C=O) groups is 2. The van der Waals surface area contributed by atoms with Gasteiger partial charge in [-0.25, -0.2) is 4.98 Å². The molecule has 1 aromatic heterocycles. The third-order valence-electron chi connectivity index (χ3n) is 3.78. The molecule has 0 aliphatic carbocycles. The molecule has 0 radical (unpaired) electrons. The number of aromatic nitrogens is 1. The van der Waals surface area contributed by atoms with Gasteiger partial charge in [0.2, 0.25) is 5.91 Å². The molecule has 1 aromatic carbocycles. The lowest BCUT2D eigenvalue weighted by Crippen LogP contribution is -2.22. The Hall–Kier alpha value is -2.58. The number of carbonyl (C=O) groups excluding carboxylic acids is 2. The summed E-state index contributed by atoms with van der Waals surface area (Å²) in [5.41, 5.74) is 3.94. The maximum atomic E-state index is 12.2. The van der Waals surface area contributed by atoms with Crippen LogP contribution in [0.4, 0.5) is 10.8 Å². The zero-order chi connectivity index (χ0) is 18.1. The predicted octanol–water partition coefficient (Wildman–Crippen LogP) is 2.79. The van der Waals surface area contributed by atoms with Crippen molar-refractivity contribution in [3.05, 3.63) is 46.1 Å². The van der Waals surface area contributed by atoms with Crippen molar-refractivity contribution in [1.82, 2.24) is 15.6 Å². The van der Waals surface area contributed by atoms with E-state index in [0.29, 0.717) is 16.5 Å². The molecular weight excluding hydrogens is 356 g/mol. The molecule has 8 heteroatoms. The van der Waals surface area contributed by atoms with E-state index in [1.807, 2.05) is 32.0 Å². The first-order chi connectivity index (χ1) is 11.8. The van der Waals surface area contributed by atoms with E-state index in [0.717, 1.165) is 16.8 Å². The van der Waals surface area contributed by atoms with Gasteiger partial charge < -0.3 is 5.32 Å². The Morgan fingerprint density at radius 3 is 2.64 bits per heavy atom. The number of thiazole rings is 1. The van der Waals surface area contributed by atoms with Gasteiger partial charge in [0.05, 0.1) is 11.4 Å². The van der Waals surface area contributed by atoms with E-state index in [9.17, 15) is 9.59 Å². The van der Waals surface area contributed by atoms with Crippen molar-refractivity contribution in [3.8, 4) is 0 Å². The molecular formula is C17H16N4O2S2. The third kappa shape index (κ3) is 3.59. The predicted molar refractivity (Wildman–Crippen MR) is 103 cm³/mol. The Bertz CT molecular complexity index is 917. The lowest BCUT2D eigenvalue weighted by atomic mass is 10.1. The number of hydrogen-bond acceptors (Lipinski definition) is 5. The van der Waals surface area contributed by atoms with Gasteiger partial charge in [0.25, 0.3) is 5.91 Å². The Balaban J connectivity index is 1.94. The maximum Gasteiger partial charge on any atom is 0.273 e. The van der Waals surface area contributed by atoms with Crippen molar-refractivity contribution in [2.24, 2.45) is 0 Å². The van der Waals surface area contributed by atoms with Gasteiger partial charge in [-0.3, -0.25) is 19.8 Å². The van der Waals surface area contributed by atoms with Crippen molar-refractivity contribution in [2.75, 3.05) is 4.90 Å². The van der Waals surface area contributed by atoms with Gasteiger partial charge in [0, 0.05) is 12.3 Å². The molecule has 0 unspecified atom stereocenters. The lowest BCUT2D eigenvalue weighted by molar-refractivity contribution is -0.116. The fourth-order valence-electron chi connectivity index (χ4n) is 2.37. The molecule has 2 amide bonds. The molecule has 0 bridgehead atoms. The van der Waals surface area contributed by atoms with Crippen molar-refractivity contribution in [2.45, 2.75) is 20.8 Å². The Labute approximate surface area is 154 Å². The second kappa shape index (κ2) is 6.73. The van der Waals surface area contributed by atoms with Gasteiger partial charge in [-0.2, -0.15) is 0 Å². The van der Waals surface area contributed by atoms with E-state index < -0.39 is 0 Å². The van der Waals surface area contributed by atoms with Gasteiger partial charge in [-0.15, -0.1) is 11.3 Å². The van der Waals surface area contributed by atoms with Crippen LogP contribution in [0.15, 0.2) is 29.3 Å². The van der Waals surface area contributed by atoms with Crippen LogP contribution in [0.1, 0.15) is 23.7 Å². The standard InChI is InChI=1S/C17H16N4O2S2/c1-9-4-5-13(6-10(9)2)21(11(3)22)17-18-12(8-25-17)7-14-15(23)20-16(24)19-14/h4-8H,1-3H3,(H2,19,20,23,24). The first-order valence-corrected chi connectivity index (χ1v) is 8.81. The zero-order valence-electron chi connectivity index (χ0n) is 13.9. The van der Waals surface area contributed by atoms with Gasteiger partial charge in [0.1, 0.15) is 5.70 Å². The number of thiocarbonyl (C=S) groups is 1. The maximum absolute atomic E-state index is 12.2. The van der Waals surface area contributed by atoms with Crippen LogP contribution in [0.3, 0.4) is 0 Å². The number of hydrogen-bond donors (Lipinski definition) is 2. The molecule has 3 rings (SSSR count). The summed E-state index contributed by atoms with van der Waals surface area (Å²) in [7, 11) is 0. The molecule has 2 aromatic rings. The van der Waals surface area contributed by atoms with E-state index in [1.165, 1.54) is 18.3 Å². The van der Waals surface area contributed by atoms with Crippen molar-refractivity contribution < 1.29 is 9.59 Å². The minimum Gasteiger partial charge on any atom is -0.328 e. The SMILES string of the molecule is CC(=O)N(c1ccc(C)c(C)c1)c1nc(C=C2NC(=S)NC2=O)cs1. The van der Waals surface area contributed by atoms with Gasteiger partial charge in [-0.1, -0.05) is 6.07 Å². The number of nitrogens with zero attached hydrogens (tertiary/aromatic N) is 2. The Morgan fingerprint density at radius 2 is 2.04 bits per heavy atom. The van der Waals surface area contributed by atoms with Crippen LogP contribution in [-0.4, -0.2) is 21.9 Å².